The molecular weight excluding hydrogens is 314 g/mol. The fraction of sp³-hybridized carbons (Fsp3) is 0.571. The molecule has 1 aliphatic heterocycles. The third-order valence-electron chi connectivity index (χ3n) is 6.53. The maximum Gasteiger partial charge on any atom is 0.256 e. The van der Waals surface area contributed by atoms with Gasteiger partial charge in [0.1, 0.15) is 5.76 Å². The standard InChI is InChI=1S/C21H29NO3/c1-12-11-13(2)16(15(4)14(12)3)17-18(23)21(22-19(17)24)9-7-20(5,25-6)8-10-21/h11,23H,7-10H2,1-6H3,(H,22,24). The van der Waals surface area contributed by atoms with E-state index in [0.29, 0.717) is 18.4 Å². The van der Waals surface area contributed by atoms with Crippen molar-refractivity contribution in [3.8, 4) is 0 Å². The van der Waals surface area contributed by atoms with Crippen molar-refractivity contribution in [2.45, 2.75) is 71.4 Å². The van der Waals surface area contributed by atoms with E-state index in [2.05, 4.69) is 32.2 Å². The number of nitrogens with one attached hydrogen (secondary N) is 1. The molecule has 1 aromatic rings. The number of aryl methyl sites for hydroxylation is 2. The summed E-state index contributed by atoms with van der Waals surface area (Å²) in [6.45, 7) is 10.3. The Bertz CT molecular complexity index is 768. The minimum Gasteiger partial charge on any atom is -0.509 e. The van der Waals surface area contributed by atoms with Crippen molar-refractivity contribution in [1.29, 1.82) is 0 Å². The molecule has 0 aromatic heterocycles. The summed E-state index contributed by atoms with van der Waals surface area (Å²) in [5, 5.41) is 14.2. The van der Waals surface area contributed by atoms with Gasteiger partial charge >= 0.3 is 0 Å². The summed E-state index contributed by atoms with van der Waals surface area (Å²) in [4.78, 5) is 12.8. The zero-order chi connectivity index (χ0) is 18.6. The van der Waals surface area contributed by atoms with Gasteiger partial charge in [-0.1, -0.05) is 6.07 Å². The van der Waals surface area contributed by atoms with Gasteiger partial charge in [0.2, 0.25) is 0 Å². The zero-order valence-corrected chi connectivity index (χ0v) is 16.2. The first-order valence-corrected chi connectivity index (χ1v) is 9.03. The van der Waals surface area contributed by atoms with Crippen molar-refractivity contribution >= 4 is 11.5 Å². The fourth-order valence-corrected chi connectivity index (χ4v) is 4.36. The number of carbonyl (C=O) groups is 1. The van der Waals surface area contributed by atoms with Crippen LogP contribution in [0.25, 0.3) is 5.57 Å². The van der Waals surface area contributed by atoms with Gasteiger partial charge in [0.05, 0.1) is 16.7 Å². The van der Waals surface area contributed by atoms with Crippen molar-refractivity contribution in [1.82, 2.24) is 5.32 Å². The molecule has 1 heterocycles. The molecule has 1 fully saturated rings. The number of hydrogen-bond acceptors (Lipinski definition) is 3. The Kier molecular flexibility index (Phi) is 4.23. The van der Waals surface area contributed by atoms with Gasteiger partial charge < -0.3 is 15.2 Å². The van der Waals surface area contributed by atoms with E-state index in [4.69, 9.17) is 4.74 Å². The topological polar surface area (TPSA) is 58.6 Å². The van der Waals surface area contributed by atoms with Crippen LogP contribution in [0.15, 0.2) is 11.8 Å². The van der Waals surface area contributed by atoms with Gasteiger partial charge in [-0.05, 0) is 88.1 Å². The highest BCUT2D eigenvalue weighted by Gasteiger charge is 2.50. The molecule has 0 unspecified atom stereocenters. The number of ether oxygens (including phenoxy) is 1. The predicted molar refractivity (Wildman–Crippen MR) is 99.7 cm³/mol. The van der Waals surface area contributed by atoms with Gasteiger partial charge in [-0.2, -0.15) is 0 Å². The van der Waals surface area contributed by atoms with Gasteiger partial charge in [-0.25, -0.2) is 0 Å². The average molecular weight is 343 g/mol. The molecule has 1 aliphatic carbocycles. The van der Waals surface area contributed by atoms with E-state index >= 15 is 0 Å². The van der Waals surface area contributed by atoms with Crippen LogP contribution in [0.1, 0.15) is 60.4 Å². The molecule has 1 aromatic carbocycles. The summed E-state index contributed by atoms with van der Waals surface area (Å²) in [5.41, 5.74) is 5.02. The Morgan fingerprint density at radius 3 is 2.20 bits per heavy atom. The van der Waals surface area contributed by atoms with Crippen LogP contribution in [-0.2, 0) is 9.53 Å². The second-order valence-electron chi connectivity index (χ2n) is 8.05. The molecule has 1 amide bonds. The number of hydrogen-bond donors (Lipinski definition) is 2. The second-order valence-corrected chi connectivity index (χ2v) is 8.05. The summed E-state index contributed by atoms with van der Waals surface area (Å²) in [6.07, 6.45) is 3.01. The molecule has 136 valence electrons. The van der Waals surface area contributed by atoms with Crippen LogP contribution < -0.4 is 5.32 Å². The number of methoxy groups -OCH3 is 1. The highest BCUT2D eigenvalue weighted by Crippen LogP contribution is 2.46. The van der Waals surface area contributed by atoms with Crippen molar-refractivity contribution in [3.05, 3.63) is 39.6 Å². The Morgan fingerprint density at radius 1 is 1.04 bits per heavy atom. The van der Waals surface area contributed by atoms with Gasteiger partial charge in [-0.3, -0.25) is 4.79 Å². The van der Waals surface area contributed by atoms with E-state index in [1.807, 2.05) is 13.8 Å². The largest absolute Gasteiger partial charge is 0.509 e. The van der Waals surface area contributed by atoms with Crippen LogP contribution in [0, 0.1) is 27.7 Å². The van der Waals surface area contributed by atoms with Gasteiger partial charge in [-0.15, -0.1) is 0 Å². The molecule has 3 rings (SSSR count). The zero-order valence-electron chi connectivity index (χ0n) is 16.2. The number of aliphatic hydroxyl groups is 1. The van der Waals surface area contributed by atoms with Gasteiger partial charge in [0, 0.05) is 7.11 Å². The minimum atomic E-state index is -0.637. The van der Waals surface area contributed by atoms with Gasteiger partial charge in [0.15, 0.2) is 0 Å². The van der Waals surface area contributed by atoms with Crippen molar-refractivity contribution in [3.63, 3.8) is 0 Å². The van der Waals surface area contributed by atoms with E-state index in [-0.39, 0.29) is 17.3 Å². The summed E-state index contributed by atoms with van der Waals surface area (Å²) in [7, 11) is 1.73. The summed E-state index contributed by atoms with van der Waals surface area (Å²) < 4.78 is 5.61. The van der Waals surface area contributed by atoms with Crippen LogP contribution in [0.3, 0.4) is 0 Å². The van der Waals surface area contributed by atoms with Crippen molar-refractivity contribution in [2.75, 3.05) is 7.11 Å². The van der Waals surface area contributed by atoms with Crippen LogP contribution >= 0.6 is 0 Å². The maximum atomic E-state index is 12.8. The first-order chi connectivity index (χ1) is 11.6. The number of benzene rings is 1. The lowest BCUT2D eigenvalue weighted by molar-refractivity contribution is -0.117. The van der Waals surface area contributed by atoms with E-state index in [0.717, 1.165) is 29.5 Å². The average Bonchev–Trinajstić information content (AvgIpc) is 2.81. The van der Waals surface area contributed by atoms with Crippen LogP contribution in [0.4, 0.5) is 0 Å². The molecule has 4 heteroatoms. The number of amides is 1. The highest BCUT2D eigenvalue weighted by molar-refractivity contribution is 6.24. The maximum absolute atomic E-state index is 12.8. The Labute approximate surface area is 150 Å². The molecule has 1 spiro atoms. The molecule has 2 N–H and O–H groups in total. The van der Waals surface area contributed by atoms with E-state index < -0.39 is 5.54 Å². The quantitative estimate of drug-likeness (QED) is 0.852. The molecule has 0 bridgehead atoms. The minimum absolute atomic E-state index is 0.159. The smallest absolute Gasteiger partial charge is 0.256 e. The van der Waals surface area contributed by atoms with E-state index in [9.17, 15) is 9.90 Å². The lowest BCUT2D eigenvalue weighted by Gasteiger charge is -2.42. The number of carbonyl (C=O) groups excluding carboxylic acids is 1. The van der Waals surface area contributed by atoms with Crippen LogP contribution in [0.5, 0.6) is 0 Å². The second kappa shape index (κ2) is 5.87. The summed E-state index contributed by atoms with van der Waals surface area (Å²) in [5.74, 6) is 0.0538. The summed E-state index contributed by atoms with van der Waals surface area (Å²) in [6, 6.07) is 2.10. The van der Waals surface area contributed by atoms with E-state index in [1.165, 1.54) is 11.1 Å². The molecular formula is C21H29NO3. The number of aliphatic hydroxyl groups excluding tert-OH is 1. The van der Waals surface area contributed by atoms with Crippen molar-refractivity contribution in [2.24, 2.45) is 0 Å². The third-order valence-corrected chi connectivity index (χ3v) is 6.53. The molecule has 0 radical (unpaired) electrons. The molecule has 0 saturated heterocycles. The van der Waals surface area contributed by atoms with Gasteiger partial charge in [0.25, 0.3) is 5.91 Å². The Morgan fingerprint density at radius 2 is 1.64 bits per heavy atom. The van der Waals surface area contributed by atoms with Crippen LogP contribution in [-0.4, -0.2) is 29.3 Å². The third kappa shape index (κ3) is 2.67. The van der Waals surface area contributed by atoms with E-state index in [1.54, 1.807) is 7.11 Å². The Balaban J connectivity index is 2.08. The number of rotatable bonds is 2. The normalized spacial score (nSPS) is 29.4. The first-order valence-electron chi connectivity index (χ1n) is 9.03. The monoisotopic (exact) mass is 343 g/mol. The van der Waals surface area contributed by atoms with Crippen LogP contribution in [0.2, 0.25) is 0 Å². The molecule has 1 saturated carbocycles. The fourth-order valence-electron chi connectivity index (χ4n) is 4.36. The highest BCUT2D eigenvalue weighted by atomic mass is 16.5. The summed E-state index contributed by atoms with van der Waals surface area (Å²) >= 11 is 0. The molecule has 2 aliphatic rings. The lowest BCUT2D eigenvalue weighted by Crippen LogP contribution is -2.51. The molecule has 4 nitrogen and oxygen atoms in total. The SMILES string of the molecule is COC1(C)CCC2(CC1)NC(=O)C(c1c(C)cc(C)c(C)c1C)=C2O. The molecule has 25 heavy (non-hydrogen) atoms. The lowest BCUT2D eigenvalue weighted by atomic mass is 9.73. The molecule has 0 atom stereocenters. The van der Waals surface area contributed by atoms with Crippen molar-refractivity contribution < 1.29 is 14.6 Å². The first kappa shape index (κ1) is 18.0. The Hall–Kier alpha value is -1.81. The predicted octanol–water partition coefficient (Wildman–Crippen LogP) is 4.04.